The van der Waals surface area contributed by atoms with E-state index in [1.807, 2.05) is 22.8 Å². The minimum absolute atomic E-state index is 0.0571. The highest BCUT2D eigenvalue weighted by molar-refractivity contribution is 7.98. The van der Waals surface area contributed by atoms with Gasteiger partial charge in [0.05, 0.1) is 10.5 Å². The number of non-ortho nitro benzene ring substituents is 1. The maximum Gasteiger partial charge on any atom is 0.269 e. The molecule has 0 bridgehead atoms. The topological polar surface area (TPSA) is 73.8 Å². The zero-order chi connectivity index (χ0) is 21.6. The summed E-state index contributed by atoms with van der Waals surface area (Å²) in [6.45, 7) is 0.600. The SMILES string of the molecule is O=[N+]([O-])c1ccc(CSc2nnc(-c3ccccc3F)n2CCc2ccccc2)cc1. The summed E-state index contributed by atoms with van der Waals surface area (Å²) in [7, 11) is 0. The first-order valence-electron chi connectivity index (χ1n) is 9.70. The molecule has 0 spiro atoms. The fourth-order valence-corrected chi connectivity index (χ4v) is 4.11. The van der Waals surface area contributed by atoms with Crippen molar-refractivity contribution >= 4 is 17.4 Å². The van der Waals surface area contributed by atoms with Gasteiger partial charge in [-0.3, -0.25) is 10.1 Å². The second-order valence-electron chi connectivity index (χ2n) is 6.89. The van der Waals surface area contributed by atoms with Crippen LogP contribution in [0.5, 0.6) is 0 Å². The number of nitro groups is 1. The third-order valence-corrected chi connectivity index (χ3v) is 5.85. The number of aromatic nitrogens is 3. The number of halogens is 1. The van der Waals surface area contributed by atoms with Crippen LogP contribution in [-0.2, 0) is 18.7 Å². The van der Waals surface area contributed by atoms with Crippen molar-refractivity contribution in [3.05, 3.63) is 106 Å². The molecule has 0 saturated carbocycles. The Balaban J connectivity index is 1.58. The third-order valence-electron chi connectivity index (χ3n) is 4.81. The Morgan fingerprint density at radius 2 is 1.61 bits per heavy atom. The van der Waals surface area contributed by atoms with E-state index in [-0.39, 0.29) is 11.5 Å². The van der Waals surface area contributed by atoms with E-state index in [2.05, 4.69) is 22.3 Å². The van der Waals surface area contributed by atoms with Crippen LogP contribution in [0.15, 0.2) is 84.0 Å². The molecule has 4 aromatic rings. The summed E-state index contributed by atoms with van der Waals surface area (Å²) in [6.07, 6.45) is 0.755. The highest BCUT2D eigenvalue weighted by Gasteiger charge is 2.17. The number of nitrogens with zero attached hydrogens (tertiary/aromatic N) is 4. The molecule has 0 aliphatic rings. The van der Waals surface area contributed by atoms with Crippen molar-refractivity contribution in [2.45, 2.75) is 23.9 Å². The molecule has 0 radical (unpaired) electrons. The summed E-state index contributed by atoms with van der Waals surface area (Å²) in [6, 6.07) is 23.0. The maximum absolute atomic E-state index is 14.4. The fraction of sp³-hybridized carbons (Fsp3) is 0.130. The van der Waals surface area contributed by atoms with E-state index in [1.165, 1.54) is 35.5 Å². The van der Waals surface area contributed by atoms with Crippen LogP contribution >= 0.6 is 11.8 Å². The quantitative estimate of drug-likeness (QED) is 0.207. The highest BCUT2D eigenvalue weighted by atomic mass is 32.2. The number of hydrogen-bond acceptors (Lipinski definition) is 5. The average molecular weight is 434 g/mol. The van der Waals surface area contributed by atoms with Crippen LogP contribution in [0.4, 0.5) is 10.1 Å². The van der Waals surface area contributed by atoms with Crippen molar-refractivity contribution in [2.24, 2.45) is 0 Å². The van der Waals surface area contributed by atoms with Gasteiger partial charge < -0.3 is 4.57 Å². The molecule has 0 aliphatic heterocycles. The van der Waals surface area contributed by atoms with Crippen molar-refractivity contribution in [2.75, 3.05) is 0 Å². The molecule has 31 heavy (non-hydrogen) atoms. The van der Waals surface area contributed by atoms with Crippen LogP contribution in [0.1, 0.15) is 11.1 Å². The zero-order valence-electron chi connectivity index (χ0n) is 16.5. The predicted octanol–water partition coefficient (Wildman–Crippen LogP) is 5.53. The predicted molar refractivity (Wildman–Crippen MR) is 118 cm³/mol. The minimum atomic E-state index is -0.419. The summed E-state index contributed by atoms with van der Waals surface area (Å²) in [4.78, 5) is 10.4. The molecule has 8 heteroatoms. The molecule has 4 rings (SSSR count). The molecule has 0 amide bonds. The van der Waals surface area contributed by atoms with Crippen LogP contribution in [0, 0.1) is 15.9 Å². The first kappa shape index (κ1) is 20.7. The number of rotatable bonds is 8. The maximum atomic E-state index is 14.4. The van der Waals surface area contributed by atoms with Crippen LogP contribution in [0.25, 0.3) is 11.4 Å². The van der Waals surface area contributed by atoms with E-state index in [4.69, 9.17) is 0 Å². The number of hydrogen-bond donors (Lipinski definition) is 0. The smallest absolute Gasteiger partial charge is 0.269 e. The van der Waals surface area contributed by atoms with Crippen molar-refractivity contribution < 1.29 is 9.31 Å². The van der Waals surface area contributed by atoms with Crippen LogP contribution in [0.2, 0.25) is 0 Å². The highest BCUT2D eigenvalue weighted by Crippen LogP contribution is 2.28. The third kappa shape index (κ3) is 4.97. The molecule has 0 N–H and O–H groups in total. The largest absolute Gasteiger partial charge is 0.302 e. The second-order valence-corrected chi connectivity index (χ2v) is 7.83. The summed E-state index contributed by atoms with van der Waals surface area (Å²) < 4.78 is 16.4. The molecule has 0 unspecified atom stereocenters. The van der Waals surface area contributed by atoms with Crippen molar-refractivity contribution in [3.63, 3.8) is 0 Å². The van der Waals surface area contributed by atoms with E-state index in [9.17, 15) is 14.5 Å². The first-order chi connectivity index (χ1) is 15.1. The molecule has 6 nitrogen and oxygen atoms in total. The number of benzene rings is 3. The van der Waals surface area contributed by atoms with Crippen LogP contribution in [-0.4, -0.2) is 19.7 Å². The van der Waals surface area contributed by atoms with E-state index < -0.39 is 4.92 Å². The lowest BCUT2D eigenvalue weighted by Crippen LogP contribution is -2.06. The van der Waals surface area contributed by atoms with Gasteiger partial charge >= 0.3 is 0 Å². The summed E-state index contributed by atoms with van der Waals surface area (Å²) in [5.74, 6) is 0.710. The molecule has 0 fully saturated rings. The summed E-state index contributed by atoms with van der Waals surface area (Å²) in [5, 5.41) is 20.1. The van der Waals surface area contributed by atoms with Crippen molar-refractivity contribution in [1.82, 2.24) is 14.8 Å². The summed E-state index contributed by atoms with van der Waals surface area (Å²) >= 11 is 1.47. The van der Waals surface area contributed by atoms with E-state index in [0.29, 0.717) is 28.8 Å². The second kappa shape index (κ2) is 9.53. The monoisotopic (exact) mass is 434 g/mol. The molecular formula is C23H19FN4O2S. The molecule has 0 atom stereocenters. The molecule has 156 valence electrons. The fourth-order valence-electron chi connectivity index (χ4n) is 3.19. The van der Waals surface area contributed by atoms with E-state index in [0.717, 1.165) is 12.0 Å². The molecule has 3 aromatic carbocycles. The lowest BCUT2D eigenvalue weighted by Gasteiger charge is -2.11. The van der Waals surface area contributed by atoms with Gasteiger partial charge in [-0.05, 0) is 29.7 Å². The van der Waals surface area contributed by atoms with Gasteiger partial charge in [-0.2, -0.15) is 0 Å². The van der Waals surface area contributed by atoms with Gasteiger partial charge in [0.2, 0.25) is 0 Å². The summed E-state index contributed by atoms with van der Waals surface area (Å²) in [5.41, 5.74) is 2.56. The zero-order valence-corrected chi connectivity index (χ0v) is 17.3. The van der Waals surface area contributed by atoms with Crippen molar-refractivity contribution in [1.29, 1.82) is 0 Å². The number of nitro benzene ring substituents is 1. The molecular weight excluding hydrogens is 415 g/mol. The lowest BCUT2D eigenvalue weighted by molar-refractivity contribution is -0.384. The Bertz CT molecular complexity index is 1180. The Morgan fingerprint density at radius 3 is 2.32 bits per heavy atom. The molecule has 0 saturated heterocycles. The van der Waals surface area contributed by atoms with E-state index >= 15 is 0 Å². The molecule has 0 aliphatic carbocycles. The van der Waals surface area contributed by atoms with Gasteiger partial charge in [-0.15, -0.1) is 10.2 Å². The molecule has 1 heterocycles. The lowest BCUT2D eigenvalue weighted by atomic mass is 10.1. The number of thioether (sulfide) groups is 1. The van der Waals surface area contributed by atoms with Crippen LogP contribution < -0.4 is 0 Å². The number of aryl methyl sites for hydroxylation is 1. The van der Waals surface area contributed by atoms with Gasteiger partial charge in [0.25, 0.3) is 5.69 Å². The van der Waals surface area contributed by atoms with E-state index in [1.54, 1.807) is 30.3 Å². The van der Waals surface area contributed by atoms with Gasteiger partial charge in [0.15, 0.2) is 11.0 Å². The standard InChI is InChI=1S/C23H19FN4O2S/c24-21-9-5-4-8-20(21)22-25-26-23(27(22)15-14-17-6-2-1-3-7-17)31-16-18-10-12-19(13-11-18)28(29)30/h1-13H,14-16H2. The first-order valence-corrected chi connectivity index (χ1v) is 10.7. The molecule has 1 aromatic heterocycles. The van der Waals surface area contributed by atoms with Gasteiger partial charge in [0.1, 0.15) is 5.82 Å². The normalized spacial score (nSPS) is 10.9. The van der Waals surface area contributed by atoms with Gasteiger partial charge in [-0.1, -0.05) is 66.4 Å². The Kier molecular flexibility index (Phi) is 6.37. The Morgan fingerprint density at radius 1 is 0.903 bits per heavy atom. The van der Waals surface area contributed by atoms with Gasteiger partial charge in [-0.25, -0.2) is 4.39 Å². The Labute approximate surface area is 182 Å². The minimum Gasteiger partial charge on any atom is -0.302 e. The van der Waals surface area contributed by atoms with Crippen molar-refractivity contribution in [3.8, 4) is 11.4 Å². The van der Waals surface area contributed by atoms with Crippen LogP contribution in [0.3, 0.4) is 0 Å². The van der Waals surface area contributed by atoms with Gasteiger partial charge in [0, 0.05) is 24.4 Å². The average Bonchev–Trinajstić information content (AvgIpc) is 3.20. The Hall–Kier alpha value is -3.52.